The minimum absolute atomic E-state index is 0.00660. The molecule has 212 valence electrons. The van der Waals surface area contributed by atoms with Crippen molar-refractivity contribution in [1.29, 1.82) is 0 Å². The fourth-order valence-electron chi connectivity index (χ4n) is 4.89. The molecule has 1 atom stereocenters. The van der Waals surface area contributed by atoms with Gasteiger partial charge in [0.05, 0.1) is 56.0 Å². The lowest BCUT2D eigenvalue weighted by atomic mass is 10.00. The molecule has 1 fully saturated rings. The molecule has 1 N–H and O–H groups in total. The van der Waals surface area contributed by atoms with Crippen LogP contribution in [0, 0.1) is 5.13 Å². The molecule has 0 spiro atoms. The second-order valence-electron chi connectivity index (χ2n) is 9.15. The van der Waals surface area contributed by atoms with E-state index in [9.17, 15) is 27.5 Å². The number of ether oxygens (including phenoxy) is 2. The number of carboxylic acid groups (broad SMARTS) is 1. The van der Waals surface area contributed by atoms with Gasteiger partial charge in [0.2, 0.25) is 11.1 Å². The third-order valence-corrected chi connectivity index (χ3v) is 7.61. The molecule has 3 aromatic rings. The average molecular weight is 580 g/mol. The van der Waals surface area contributed by atoms with Gasteiger partial charge in [0.15, 0.2) is 0 Å². The number of aliphatic imine (C=N–C) groups is 1. The Morgan fingerprint density at radius 3 is 2.48 bits per heavy atom. The Balaban J connectivity index is 1.58. The number of thiophene rings is 1. The van der Waals surface area contributed by atoms with Gasteiger partial charge in [-0.3, -0.25) is 9.78 Å². The van der Waals surface area contributed by atoms with E-state index >= 15 is 0 Å². The number of carboxylic acids is 1. The number of benzene rings is 1. The van der Waals surface area contributed by atoms with E-state index in [1.54, 1.807) is 19.5 Å². The molecule has 0 bridgehead atoms. The summed E-state index contributed by atoms with van der Waals surface area (Å²) in [4.78, 5) is 26.0. The Kier molecular flexibility index (Phi) is 7.45. The number of carbonyl (C=O) groups is 1. The topological polar surface area (TPSA) is 90.7 Å². The van der Waals surface area contributed by atoms with Crippen molar-refractivity contribution < 1.29 is 36.9 Å². The number of nitrogens with zero attached hydrogens (tertiary/aromatic N) is 5. The number of rotatable bonds is 6. The van der Waals surface area contributed by atoms with Gasteiger partial charge in [0.1, 0.15) is 17.2 Å². The van der Waals surface area contributed by atoms with Crippen molar-refractivity contribution in [3.05, 3.63) is 58.3 Å². The second-order valence-corrected chi connectivity index (χ2v) is 9.98. The molecule has 2 aliphatic rings. The van der Waals surface area contributed by atoms with Crippen LogP contribution in [0.25, 0.3) is 0 Å². The molecule has 9 nitrogen and oxygen atoms in total. The van der Waals surface area contributed by atoms with Crippen molar-refractivity contribution in [2.24, 2.45) is 4.99 Å². The van der Waals surface area contributed by atoms with Crippen molar-refractivity contribution in [3.8, 4) is 11.5 Å². The minimum atomic E-state index is -4.66. The maximum atomic E-state index is 14.9. The van der Waals surface area contributed by atoms with Crippen LogP contribution in [0.5, 0.6) is 11.5 Å². The standard InChI is InChI=1S/C26H25F4N5O4S/c1-38-17-10-16(12-31-13-17)33-5-7-34(8-6-33)25-32-23-18(14-40-24(23)27)19(11-22(36)37)35(25)20-9-15(26(28,29)30)3-4-21(20)39-2/h3-4,9-10,12-14,19H,5-8,11H2,1-2H3,(H,36,37)/t19-/m1/s1. The molecule has 4 heterocycles. The van der Waals surface area contributed by atoms with Crippen molar-refractivity contribution in [3.63, 3.8) is 0 Å². The summed E-state index contributed by atoms with van der Waals surface area (Å²) in [6, 6.07) is 3.81. The number of alkyl halides is 3. The van der Waals surface area contributed by atoms with Crippen molar-refractivity contribution in [1.82, 2.24) is 9.88 Å². The van der Waals surface area contributed by atoms with Gasteiger partial charge in [0.25, 0.3) is 0 Å². The van der Waals surface area contributed by atoms with Gasteiger partial charge in [-0.05, 0) is 18.2 Å². The predicted octanol–water partition coefficient (Wildman–Crippen LogP) is 5.16. The second kappa shape index (κ2) is 10.8. The molecule has 0 aliphatic carbocycles. The van der Waals surface area contributed by atoms with Crippen LogP contribution in [-0.4, -0.2) is 67.3 Å². The summed E-state index contributed by atoms with van der Waals surface area (Å²) in [7, 11) is 2.86. The van der Waals surface area contributed by atoms with Gasteiger partial charge in [-0.25, -0.2) is 4.99 Å². The van der Waals surface area contributed by atoms with Gasteiger partial charge in [-0.2, -0.15) is 17.6 Å². The van der Waals surface area contributed by atoms with Crippen molar-refractivity contribution in [2.75, 3.05) is 50.2 Å². The number of hydrogen-bond donors (Lipinski definition) is 1. The highest BCUT2D eigenvalue weighted by molar-refractivity contribution is 7.08. The summed E-state index contributed by atoms with van der Waals surface area (Å²) in [6.07, 6.45) is -1.87. The van der Waals surface area contributed by atoms with Crippen LogP contribution in [0.2, 0.25) is 0 Å². The number of piperazine rings is 1. The van der Waals surface area contributed by atoms with Crippen LogP contribution in [-0.2, 0) is 11.0 Å². The van der Waals surface area contributed by atoms with Crippen LogP contribution in [0.4, 0.5) is 34.6 Å². The number of aromatic nitrogens is 1. The summed E-state index contributed by atoms with van der Waals surface area (Å²) in [6.45, 7) is 1.72. The SMILES string of the molecule is COc1cncc(N2CCN(C3=Nc4c(csc4F)[C@@H](CC(=O)O)N3c3cc(C(F)(F)F)ccc3OC)CC2)c1. The first kappa shape index (κ1) is 27.5. The molecule has 1 saturated heterocycles. The molecule has 14 heteroatoms. The molecule has 2 aromatic heterocycles. The average Bonchev–Trinajstić information content (AvgIpc) is 3.32. The lowest BCUT2D eigenvalue weighted by Gasteiger charge is -2.44. The first-order valence-electron chi connectivity index (χ1n) is 12.2. The largest absolute Gasteiger partial charge is 0.495 e. The predicted molar refractivity (Wildman–Crippen MR) is 141 cm³/mol. The van der Waals surface area contributed by atoms with Crippen LogP contribution >= 0.6 is 11.3 Å². The van der Waals surface area contributed by atoms with E-state index in [4.69, 9.17) is 9.47 Å². The Morgan fingerprint density at radius 2 is 1.82 bits per heavy atom. The van der Waals surface area contributed by atoms with Crippen LogP contribution in [0.1, 0.15) is 23.6 Å². The summed E-state index contributed by atoms with van der Waals surface area (Å²) in [5, 5.41) is 10.6. The quantitative estimate of drug-likeness (QED) is 0.401. The van der Waals surface area contributed by atoms with E-state index in [0.29, 0.717) is 31.9 Å². The Morgan fingerprint density at radius 1 is 1.10 bits per heavy atom. The fraction of sp³-hybridized carbons (Fsp3) is 0.346. The minimum Gasteiger partial charge on any atom is -0.495 e. The normalized spacial score (nSPS) is 17.4. The summed E-state index contributed by atoms with van der Waals surface area (Å²) in [5.74, 6) is -0.361. The van der Waals surface area contributed by atoms with Gasteiger partial charge < -0.3 is 29.3 Å². The zero-order chi connectivity index (χ0) is 28.6. The molecule has 0 radical (unpaired) electrons. The lowest BCUT2D eigenvalue weighted by molar-refractivity contribution is -0.138. The summed E-state index contributed by atoms with van der Waals surface area (Å²) < 4.78 is 66.8. The Labute approximate surface area is 230 Å². The first-order chi connectivity index (χ1) is 19.1. The van der Waals surface area contributed by atoms with Gasteiger partial charge in [0, 0.05) is 43.2 Å². The molecule has 0 saturated carbocycles. The smallest absolute Gasteiger partial charge is 0.416 e. The molecule has 40 heavy (non-hydrogen) atoms. The van der Waals surface area contributed by atoms with E-state index in [0.717, 1.165) is 29.2 Å². The summed E-state index contributed by atoms with van der Waals surface area (Å²) >= 11 is 0.765. The Bertz CT molecular complexity index is 1440. The molecule has 0 unspecified atom stereocenters. The van der Waals surface area contributed by atoms with Crippen LogP contribution < -0.4 is 19.3 Å². The fourth-order valence-corrected chi connectivity index (χ4v) is 5.67. The number of halogens is 4. The van der Waals surface area contributed by atoms with Gasteiger partial charge in [-0.15, -0.1) is 11.3 Å². The molecule has 1 aromatic carbocycles. The van der Waals surface area contributed by atoms with E-state index in [1.165, 1.54) is 23.5 Å². The first-order valence-corrected chi connectivity index (χ1v) is 13.1. The number of hydrogen-bond acceptors (Lipinski definition) is 9. The molecule has 2 aliphatic heterocycles. The highest BCUT2D eigenvalue weighted by Gasteiger charge is 2.41. The lowest BCUT2D eigenvalue weighted by Crippen LogP contribution is -2.55. The zero-order valence-electron chi connectivity index (χ0n) is 21.5. The van der Waals surface area contributed by atoms with Gasteiger partial charge >= 0.3 is 12.1 Å². The number of guanidine groups is 1. The number of pyridine rings is 1. The number of aliphatic carboxylic acids is 1. The third kappa shape index (κ3) is 5.22. The number of fused-ring (bicyclic) bond motifs is 1. The summed E-state index contributed by atoms with van der Waals surface area (Å²) in [5.41, 5.74) is 0.159. The van der Waals surface area contributed by atoms with Crippen molar-refractivity contribution >= 4 is 40.3 Å². The molecule has 5 rings (SSSR count). The maximum absolute atomic E-state index is 14.9. The van der Waals surface area contributed by atoms with Gasteiger partial charge in [-0.1, -0.05) is 0 Å². The van der Waals surface area contributed by atoms with E-state index < -0.39 is 35.3 Å². The molecule has 0 amide bonds. The van der Waals surface area contributed by atoms with E-state index in [1.807, 2.05) is 11.0 Å². The molecular formula is C26H25F4N5O4S. The van der Waals surface area contributed by atoms with Crippen LogP contribution in [0.3, 0.4) is 0 Å². The number of methoxy groups -OCH3 is 2. The van der Waals surface area contributed by atoms with Crippen LogP contribution in [0.15, 0.2) is 47.0 Å². The Hall–Kier alpha value is -4.07. The molecular weight excluding hydrogens is 554 g/mol. The maximum Gasteiger partial charge on any atom is 0.416 e. The van der Waals surface area contributed by atoms with E-state index in [-0.39, 0.29) is 28.6 Å². The zero-order valence-corrected chi connectivity index (χ0v) is 22.3. The van der Waals surface area contributed by atoms with E-state index in [2.05, 4.69) is 14.9 Å². The highest BCUT2D eigenvalue weighted by Crippen LogP contribution is 2.47. The third-order valence-electron chi connectivity index (χ3n) is 6.84. The highest BCUT2D eigenvalue weighted by atomic mass is 32.1. The number of anilines is 2. The monoisotopic (exact) mass is 579 g/mol. The van der Waals surface area contributed by atoms with Crippen molar-refractivity contribution in [2.45, 2.75) is 18.6 Å².